The molecule has 0 bridgehead atoms. The van der Waals surface area contributed by atoms with E-state index >= 15 is 0 Å². The molecule has 13 heteroatoms. The summed E-state index contributed by atoms with van der Waals surface area (Å²) in [4.78, 5) is 22.3. The number of carbonyl (C=O) groups is 1. The van der Waals surface area contributed by atoms with E-state index in [2.05, 4.69) is 15.3 Å². The van der Waals surface area contributed by atoms with Crippen molar-refractivity contribution in [1.29, 1.82) is 0 Å². The number of thioether (sulfide) groups is 1. The van der Waals surface area contributed by atoms with Gasteiger partial charge in [0.05, 0.1) is 17.3 Å². The van der Waals surface area contributed by atoms with E-state index in [4.69, 9.17) is 17.2 Å². The third-order valence-electron chi connectivity index (χ3n) is 7.26. The maximum Gasteiger partial charge on any atom is 0.416 e. The number of aromatic nitrogens is 2. The third kappa shape index (κ3) is 5.87. The minimum Gasteiger partial charge on any atom is -0.399 e. The zero-order chi connectivity index (χ0) is 28.6. The van der Waals surface area contributed by atoms with Crippen LogP contribution in [0.2, 0.25) is 0 Å². The Morgan fingerprint density at radius 3 is 2.55 bits per heavy atom. The Hall–Kier alpha value is -3.39. The van der Waals surface area contributed by atoms with E-state index in [9.17, 15) is 23.1 Å². The normalized spacial score (nSPS) is 20.4. The van der Waals surface area contributed by atoms with Gasteiger partial charge in [-0.1, -0.05) is 30.0 Å². The summed E-state index contributed by atoms with van der Waals surface area (Å²) >= 11 is 0.882. The predicted molar refractivity (Wildman–Crippen MR) is 147 cm³/mol. The van der Waals surface area contributed by atoms with Gasteiger partial charge >= 0.3 is 6.18 Å². The van der Waals surface area contributed by atoms with Crippen molar-refractivity contribution in [2.75, 3.05) is 30.3 Å². The van der Waals surface area contributed by atoms with Gasteiger partial charge < -0.3 is 32.5 Å². The lowest BCUT2D eigenvalue weighted by molar-refractivity contribution is -0.138. The van der Waals surface area contributed by atoms with Crippen LogP contribution in [0.15, 0.2) is 53.7 Å². The lowest BCUT2D eigenvalue weighted by Gasteiger charge is -2.34. The number of nitrogen functional groups attached to an aromatic ring is 1. The first-order valence-corrected chi connectivity index (χ1v) is 13.7. The molecule has 40 heavy (non-hydrogen) atoms. The Labute approximate surface area is 233 Å². The molecule has 212 valence electrons. The maximum atomic E-state index is 13.9. The van der Waals surface area contributed by atoms with E-state index in [0.29, 0.717) is 37.3 Å². The Bertz CT molecular complexity index is 1380. The zero-order valence-electron chi connectivity index (χ0n) is 21.4. The molecule has 2 aliphatic heterocycles. The van der Waals surface area contributed by atoms with Gasteiger partial charge in [-0.25, -0.2) is 4.98 Å². The van der Waals surface area contributed by atoms with Crippen molar-refractivity contribution < 1.29 is 23.1 Å². The summed E-state index contributed by atoms with van der Waals surface area (Å²) in [6, 6.07) is 11.0. The Morgan fingerprint density at radius 2 is 1.93 bits per heavy atom. The highest BCUT2D eigenvalue weighted by molar-refractivity contribution is 8.01. The SMILES string of the molecule is NC(=O)C1Sc2nc(N3CCC(NCC(O)c4ccc(-c5cccc(N)c5)cn4)CC3)cc(C(F)(F)F)c2C1N. The molecule has 2 aliphatic rings. The van der Waals surface area contributed by atoms with Crippen LogP contribution in [0.1, 0.15) is 41.8 Å². The molecule has 1 saturated heterocycles. The summed E-state index contributed by atoms with van der Waals surface area (Å²) in [7, 11) is 0. The highest BCUT2D eigenvalue weighted by Crippen LogP contribution is 2.48. The number of piperidine rings is 1. The van der Waals surface area contributed by atoms with Gasteiger partial charge in [-0.3, -0.25) is 9.78 Å². The van der Waals surface area contributed by atoms with Gasteiger partial charge in [0.25, 0.3) is 0 Å². The van der Waals surface area contributed by atoms with Crippen LogP contribution in [0.3, 0.4) is 0 Å². The molecule has 1 amide bonds. The number of aliphatic hydroxyl groups is 1. The highest BCUT2D eigenvalue weighted by atomic mass is 32.2. The fourth-order valence-electron chi connectivity index (χ4n) is 5.09. The minimum atomic E-state index is -4.65. The molecular formula is C27H30F3N7O2S. The van der Waals surface area contributed by atoms with E-state index in [1.54, 1.807) is 17.2 Å². The summed E-state index contributed by atoms with van der Waals surface area (Å²) in [5, 5.41) is 13.1. The lowest BCUT2D eigenvalue weighted by Crippen LogP contribution is -2.44. The first-order chi connectivity index (χ1) is 19.0. The van der Waals surface area contributed by atoms with Gasteiger partial charge in [-0.2, -0.15) is 13.2 Å². The maximum absolute atomic E-state index is 13.9. The third-order valence-corrected chi connectivity index (χ3v) is 8.57. The van der Waals surface area contributed by atoms with Crippen molar-refractivity contribution >= 4 is 29.2 Å². The van der Waals surface area contributed by atoms with Crippen molar-refractivity contribution in [2.45, 2.75) is 47.5 Å². The number of carbonyl (C=O) groups excluding carboxylic acids is 1. The Balaban J connectivity index is 1.19. The summed E-state index contributed by atoms with van der Waals surface area (Å²) in [5.41, 5.74) is 19.1. The molecule has 5 rings (SSSR count). The van der Waals surface area contributed by atoms with Crippen LogP contribution >= 0.6 is 11.8 Å². The smallest absolute Gasteiger partial charge is 0.399 e. The number of nitrogens with two attached hydrogens (primary N) is 3. The molecule has 2 aromatic heterocycles. The van der Waals surface area contributed by atoms with Crippen LogP contribution in [0.5, 0.6) is 0 Å². The second-order valence-electron chi connectivity index (χ2n) is 9.99. The number of nitrogens with one attached hydrogen (secondary N) is 1. The number of aliphatic hydroxyl groups excluding tert-OH is 1. The summed E-state index contributed by atoms with van der Waals surface area (Å²) < 4.78 is 41.8. The fraction of sp³-hybridized carbons (Fsp3) is 0.370. The van der Waals surface area contributed by atoms with Crippen molar-refractivity contribution in [2.24, 2.45) is 11.5 Å². The number of hydrogen-bond acceptors (Lipinski definition) is 9. The molecule has 0 radical (unpaired) electrons. The molecule has 0 spiro atoms. The minimum absolute atomic E-state index is 0.0658. The van der Waals surface area contributed by atoms with Crippen LogP contribution in [0.25, 0.3) is 11.1 Å². The number of hydrogen-bond donors (Lipinski definition) is 5. The van der Waals surface area contributed by atoms with Crippen molar-refractivity contribution in [1.82, 2.24) is 15.3 Å². The number of nitrogens with zero attached hydrogens (tertiary/aromatic N) is 3. The number of primary amides is 1. The molecule has 1 fully saturated rings. The van der Waals surface area contributed by atoms with Gasteiger partial charge in [-0.05, 0) is 42.7 Å². The van der Waals surface area contributed by atoms with Crippen molar-refractivity contribution in [3.05, 3.63) is 65.5 Å². The molecule has 0 saturated carbocycles. The highest BCUT2D eigenvalue weighted by Gasteiger charge is 2.45. The summed E-state index contributed by atoms with van der Waals surface area (Å²) in [6.07, 6.45) is -2.49. The molecule has 1 aromatic carbocycles. The van der Waals surface area contributed by atoms with Gasteiger partial charge in [0.15, 0.2) is 0 Å². The number of halogens is 3. The van der Waals surface area contributed by atoms with Crippen LogP contribution in [0, 0.1) is 0 Å². The number of rotatable bonds is 7. The van der Waals surface area contributed by atoms with E-state index in [-0.39, 0.29) is 29.0 Å². The first kappa shape index (κ1) is 28.1. The lowest BCUT2D eigenvalue weighted by atomic mass is 9.99. The number of alkyl halides is 3. The predicted octanol–water partition coefficient (Wildman–Crippen LogP) is 3.00. The molecular weight excluding hydrogens is 543 g/mol. The van der Waals surface area contributed by atoms with E-state index < -0.39 is 35.0 Å². The second kappa shape index (κ2) is 11.2. The van der Waals surface area contributed by atoms with Gasteiger partial charge in [0.2, 0.25) is 5.91 Å². The van der Waals surface area contributed by atoms with E-state index in [0.717, 1.165) is 29.0 Å². The number of anilines is 2. The van der Waals surface area contributed by atoms with E-state index in [1.807, 2.05) is 30.3 Å². The molecule has 3 atom stereocenters. The summed E-state index contributed by atoms with van der Waals surface area (Å²) in [5.74, 6) is -0.578. The average molecular weight is 574 g/mol. The quantitative estimate of drug-likeness (QED) is 0.268. The molecule has 4 heterocycles. The topological polar surface area (TPSA) is 156 Å². The fourth-order valence-corrected chi connectivity index (χ4v) is 6.25. The van der Waals surface area contributed by atoms with Crippen LogP contribution in [-0.2, 0) is 11.0 Å². The van der Waals surface area contributed by atoms with E-state index in [1.165, 1.54) is 0 Å². The zero-order valence-corrected chi connectivity index (χ0v) is 22.3. The van der Waals surface area contributed by atoms with Crippen LogP contribution < -0.4 is 27.4 Å². The van der Waals surface area contributed by atoms with Crippen LogP contribution in [0.4, 0.5) is 24.7 Å². The van der Waals surface area contributed by atoms with Crippen molar-refractivity contribution in [3.8, 4) is 11.1 Å². The molecule has 8 N–H and O–H groups in total. The number of amides is 1. The van der Waals surface area contributed by atoms with Gasteiger partial charge in [-0.15, -0.1) is 0 Å². The largest absolute Gasteiger partial charge is 0.416 e. The molecule has 9 nitrogen and oxygen atoms in total. The molecule has 0 aliphatic carbocycles. The number of fused-ring (bicyclic) bond motifs is 1. The van der Waals surface area contributed by atoms with Crippen LogP contribution in [-0.4, -0.2) is 51.9 Å². The van der Waals surface area contributed by atoms with Gasteiger partial charge in [0.1, 0.15) is 22.2 Å². The molecule has 3 unspecified atom stereocenters. The monoisotopic (exact) mass is 573 g/mol. The Kier molecular flexibility index (Phi) is 7.91. The second-order valence-corrected chi connectivity index (χ2v) is 11.1. The molecule has 3 aromatic rings. The number of benzene rings is 1. The standard InChI is InChI=1S/C27H30F3N7O2S/c28-27(29,30)18-11-21(36-26-22(18)23(32)24(40-26)25(33)39)37-8-6-17(7-9-37)34-13-20(38)19-5-4-15(12-35-19)14-2-1-3-16(31)10-14/h1-5,10-12,17,20,23-24,34,38H,6-9,13,31-32H2,(H2,33,39). The average Bonchev–Trinajstić information content (AvgIpc) is 3.27. The Morgan fingerprint density at radius 1 is 1.18 bits per heavy atom. The van der Waals surface area contributed by atoms with Crippen molar-refractivity contribution in [3.63, 3.8) is 0 Å². The first-order valence-electron chi connectivity index (χ1n) is 12.8. The summed E-state index contributed by atoms with van der Waals surface area (Å²) in [6.45, 7) is 1.23. The number of pyridine rings is 2. The van der Waals surface area contributed by atoms with Gasteiger partial charge in [0, 0.05) is 48.7 Å².